The minimum absolute atomic E-state index is 0. The van der Waals surface area contributed by atoms with E-state index in [4.69, 9.17) is 10.5 Å². The molecular weight excluding hydrogens is 600 g/mol. The van der Waals surface area contributed by atoms with Gasteiger partial charge in [-0.05, 0) is 56.6 Å². The van der Waals surface area contributed by atoms with Crippen molar-refractivity contribution < 1.29 is 13.2 Å². The van der Waals surface area contributed by atoms with Gasteiger partial charge in [-0.25, -0.2) is 13.4 Å². The van der Waals surface area contributed by atoms with Gasteiger partial charge in [-0.3, -0.25) is 9.69 Å². The van der Waals surface area contributed by atoms with Crippen molar-refractivity contribution in [3.63, 3.8) is 0 Å². The lowest BCUT2D eigenvalue weighted by Crippen LogP contribution is -2.36. The number of sulfonamides is 1. The first-order chi connectivity index (χ1) is 17.2. The van der Waals surface area contributed by atoms with Gasteiger partial charge in [0.05, 0.1) is 27.3 Å². The van der Waals surface area contributed by atoms with Gasteiger partial charge in [-0.1, -0.05) is 27.3 Å². The summed E-state index contributed by atoms with van der Waals surface area (Å²) in [6.07, 6.45) is 0.0294. The second-order valence-electron chi connectivity index (χ2n) is 8.11. The molecular formula is C24H26BrClN6O3S2. The molecule has 0 saturated heterocycles. The van der Waals surface area contributed by atoms with Gasteiger partial charge in [-0.2, -0.15) is 14.8 Å². The first-order valence-corrected chi connectivity index (χ1v) is 14.1. The third-order valence-corrected chi connectivity index (χ3v) is 8.72. The predicted octanol–water partition coefficient (Wildman–Crippen LogP) is 4.51. The molecule has 0 aliphatic rings. The highest BCUT2D eigenvalue weighted by molar-refractivity contribution is 9.10. The van der Waals surface area contributed by atoms with Crippen LogP contribution in [0.2, 0.25) is 0 Å². The second-order valence-corrected chi connectivity index (χ2v) is 12.0. The molecule has 3 aromatic rings. The summed E-state index contributed by atoms with van der Waals surface area (Å²) in [5.74, 6) is -0.287. The van der Waals surface area contributed by atoms with Crippen molar-refractivity contribution in [2.24, 2.45) is 0 Å². The molecule has 2 aromatic carbocycles. The minimum Gasteiger partial charge on any atom is -0.308 e. The molecule has 13 heteroatoms. The predicted molar refractivity (Wildman–Crippen MR) is 150 cm³/mol. The molecule has 0 radical (unpaired) electrons. The monoisotopic (exact) mass is 624 g/mol. The van der Waals surface area contributed by atoms with Crippen molar-refractivity contribution in [3.05, 3.63) is 52.5 Å². The van der Waals surface area contributed by atoms with Crippen molar-refractivity contribution >= 4 is 71.0 Å². The Hall–Kier alpha value is -2.58. The first kappa shape index (κ1) is 30.6. The van der Waals surface area contributed by atoms with Crippen LogP contribution in [0.3, 0.4) is 0 Å². The normalized spacial score (nSPS) is 11.2. The molecule has 0 bridgehead atoms. The Labute approximate surface area is 235 Å². The van der Waals surface area contributed by atoms with Crippen LogP contribution in [0.1, 0.15) is 23.2 Å². The average molecular weight is 626 g/mol. The summed E-state index contributed by atoms with van der Waals surface area (Å²) in [5.41, 5.74) is 1.12. The highest BCUT2D eigenvalue weighted by atomic mass is 79.9. The Morgan fingerprint density at radius 2 is 1.62 bits per heavy atom. The van der Waals surface area contributed by atoms with E-state index in [0.29, 0.717) is 23.8 Å². The van der Waals surface area contributed by atoms with E-state index < -0.39 is 10.0 Å². The number of halogens is 2. The van der Waals surface area contributed by atoms with Crippen molar-refractivity contribution in [3.8, 4) is 12.1 Å². The van der Waals surface area contributed by atoms with E-state index in [1.54, 1.807) is 4.90 Å². The molecule has 37 heavy (non-hydrogen) atoms. The van der Waals surface area contributed by atoms with Gasteiger partial charge in [0.25, 0.3) is 5.91 Å². The summed E-state index contributed by atoms with van der Waals surface area (Å²) in [7, 11) is -0.0809. The van der Waals surface area contributed by atoms with Gasteiger partial charge in [0.1, 0.15) is 0 Å². The number of nitrogens with zero attached hydrogens (tertiary/aromatic N) is 6. The lowest BCUT2D eigenvalue weighted by Gasteiger charge is -2.22. The molecule has 0 aliphatic heterocycles. The first-order valence-electron chi connectivity index (χ1n) is 11.0. The Balaban J connectivity index is 0.00000481. The van der Waals surface area contributed by atoms with Crippen LogP contribution < -0.4 is 4.90 Å². The zero-order valence-electron chi connectivity index (χ0n) is 20.3. The molecule has 0 atom stereocenters. The molecule has 0 saturated carbocycles. The minimum atomic E-state index is -3.92. The highest BCUT2D eigenvalue weighted by Crippen LogP contribution is 2.31. The number of nitriles is 2. The zero-order chi connectivity index (χ0) is 26.3. The fourth-order valence-electron chi connectivity index (χ4n) is 3.36. The largest absolute Gasteiger partial charge is 0.308 e. The summed E-state index contributed by atoms with van der Waals surface area (Å²) in [6.45, 7) is 1.01. The Bertz CT molecular complexity index is 1400. The van der Waals surface area contributed by atoms with Crippen LogP contribution >= 0.6 is 39.7 Å². The van der Waals surface area contributed by atoms with E-state index in [1.807, 2.05) is 49.3 Å². The number of hydrogen-bond donors (Lipinski definition) is 0. The van der Waals surface area contributed by atoms with Crippen LogP contribution in [-0.2, 0) is 10.0 Å². The summed E-state index contributed by atoms with van der Waals surface area (Å²) in [6, 6.07) is 15.3. The number of thiazole rings is 1. The van der Waals surface area contributed by atoms with E-state index >= 15 is 0 Å². The van der Waals surface area contributed by atoms with Gasteiger partial charge in [0, 0.05) is 49.1 Å². The van der Waals surface area contributed by atoms with Crippen molar-refractivity contribution in [1.29, 1.82) is 10.5 Å². The quantitative estimate of drug-likeness (QED) is 0.307. The number of carbonyl (C=O) groups is 1. The number of fused-ring (bicyclic) bond motifs is 1. The molecule has 1 aromatic heterocycles. The third kappa shape index (κ3) is 7.71. The van der Waals surface area contributed by atoms with Gasteiger partial charge in [0.15, 0.2) is 5.13 Å². The Kier molecular flexibility index (Phi) is 11.4. The fraction of sp³-hybridized carbons (Fsp3) is 0.333. The van der Waals surface area contributed by atoms with Crippen LogP contribution in [0, 0.1) is 22.7 Å². The number of aromatic nitrogens is 1. The zero-order valence-corrected chi connectivity index (χ0v) is 24.3. The molecule has 3 rings (SSSR count). The molecule has 0 N–H and O–H groups in total. The molecule has 1 heterocycles. The van der Waals surface area contributed by atoms with E-state index in [2.05, 4.69) is 20.9 Å². The molecule has 0 fully saturated rings. The van der Waals surface area contributed by atoms with Crippen LogP contribution in [0.4, 0.5) is 5.13 Å². The van der Waals surface area contributed by atoms with Gasteiger partial charge < -0.3 is 4.90 Å². The Morgan fingerprint density at radius 3 is 2.19 bits per heavy atom. The number of likely N-dealkylation sites (N-methyl/N-ethyl adjacent to an activating group) is 1. The molecule has 1 amide bonds. The summed E-state index contributed by atoms with van der Waals surface area (Å²) in [5, 5.41) is 18.3. The number of benzene rings is 2. The molecule has 9 nitrogen and oxygen atoms in total. The number of amides is 1. The maximum Gasteiger partial charge on any atom is 0.260 e. The number of rotatable bonds is 11. The summed E-state index contributed by atoms with van der Waals surface area (Å²) >= 11 is 4.87. The van der Waals surface area contributed by atoms with E-state index in [-0.39, 0.29) is 49.1 Å². The Morgan fingerprint density at radius 1 is 1.00 bits per heavy atom. The van der Waals surface area contributed by atoms with Crippen molar-refractivity contribution in [1.82, 2.24) is 14.2 Å². The fourth-order valence-corrected chi connectivity index (χ4v) is 6.35. The number of carbonyl (C=O) groups excluding carboxylic acids is 1. The summed E-state index contributed by atoms with van der Waals surface area (Å²) < 4.78 is 29.1. The average Bonchev–Trinajstić information content (AvgIpc) is 3.26. The van der Waals surface area contributed by atoms with E-state index in [1.165, 1.54) is 35.6 Å². The molecule has 0 aliphatic carbocycles. The molecule has 196 valence electrons. The lowest BCUT2D eigenvalue weighted by molar-refractivity contribution is 0.0985. The molecule has 0 spiro atoms. The van der Waals surface area contributed by atoms with Crippen molar-refractivity contribution in [2.45, 2.75) is 17.7 Å². The van der Waals surface area contributed by atoms with Gasteiger partial charge >= 0.3 is 0 Å². The van der Waals surface area contributed by atoms with Crippen LogP contribution in [-0.4, -0.2) is 68.8 Å². The van der Waals surface area contributed by atoms with Crippen LogP contribution in [0.25, 0.3) is 10.2 Å². The SMILES string of the molecule is CN(C)CCN(C(=O)c1ccc(S(=O)(=O)N(CCC#N)CCC#N)cc1)c1nc2ccc(Br)cc2s1.Cl. The van der Waals surface area contributed by atoms with Crippen molar-refractivity contribution in [2.75, 3.05) is 45.2 Å². The standard InChI is InChI=1S/C24H25BrN6O3S2.ClH/c1-29(2)15-16-31(24-28-21-10-7-19(25)17-22(21)35-24)23(32)18-5-8-20(9-6-18)36(33,34)30(13-3-11-26)14-4-12-27;/h5-10,17H,3-4,13-16H2,1-2H3;1H. The van der Waals surface area contributed by atoms with E-state index in [0.717, 1.165) is 19.0 Å². The third-order valence-electron chi connectivity index (χ3n) is 5.27. The van der Waals surface area contributed by atoms with Gasteiger partial charge in [-0.15, -0.1) is 12.4 Å². The van der Waals surface area contributed by atoms with Crippen LogP contribution in [0.15, 0.2) is 51.8 Å². The smallest absolute Gasteiger partial charge is 0.260 e. The number of hydrogen-bond acceptors (Lipinski definition) is 8. The second kappa shape index (κ2) is 13.8. The van der Waals surface area contributed by atoms with E-state index in [9.17, 15) is 13.2 Å². The highest BCUT2D eigenvalue weighted by Gasteiger charge is 2.26. The topological polar surface area (TPSA) is 121 Å². The molecule has 0 unspecified atom stereocenters. The van der Waals surface area contributed by atoms with Gasteiger partial charge in [0.2, 0.25) is 10.0 Å². The lowest BCUT2D eigenvalue weighted by atomic mass is 10.2. The maximum absolute atomic E-state index is 13.5. The number of anilines is 1. The van der Waals surface area contributed by atoms with Crippen LogP contribution in [0.5, 0.6) is 0 Å². The summed E-state index contributed by atoms with van der Waals surface area (Å²) in [4.78, 5) is 21.7. The maximum atomic E-state index is 13.5.